The molecule has 0 unspecified atom stereocenters. The fourth-order valence-corrected chi connectivity index (χ4v) is 5.20. The second kappa shape index (κ2) is 7.76. The average molecular weight is 411 g/mol. The van der Waals surface area contributed by atoms with Gasteiger partial charge in [0.2, 0.25) is 0 Å². The summed E-state index contributed by atoms with van der Waals surface area (Å²) in [6, 6.07) is 8.46. The van der Waals surface area contributed by atoms with Gasteiger partial charge in [-0.05, 0) is 36.5 Å². The van der Waals surface area contributed by atoms with Crippen molar-refractivity contribution < 1.29 is 4.79 Å². The van der Waals surface area contributed by atoms with Crippen LogP contribution in [0.15, 0.2) is 30.5 Å². The van der Waals surface area contributed by atoms with Gasteiger partial charge < -0.3 is 9.80 Å². The highest BCUT2D eigenvalue weighted by atomic mass is 32.1. The summed E-state index contributed by atoms with van der Waals surface area (Å²) in [5, 5.41) is 5.53. The summed E-state index contributed by atoms with van der Waals surface area (Å²) >= 11 is 1.58. The maximum Gasteiger partial charge on any atom is 0.257 e. The molecule has 152 valence electrons. The van der Waals surface area contributed by atoms with Crippen LogP contribution in [0.25, 0.3) is 10.1 Å². The summed E-state index contributed by atoms with van der Waals surface area (Å²) in [5.41, 5.74) is 1.85. The Morgan fingerprint density at radius 2 is 1.90 bits per heavy atom. The van der Waals surface area contributed by atoms with Crippen LogP contribution < -0.4 is 4.90 Å². The number of carbonyl (C=O) groups is 1. The number of nitrogens with zero attached hydrogens (tertiary/aromatic N) is 6. The van der Waals surface area contributed by atoms with Gasteiger partial charge in [-0.25, -0.2) is 0 Å². The van der Waals surface area contributed by atoms with Crippen molar-refractivity contribution in [3.8, 4) is 0 Å². The van der Waals surface area contributed by atoms with Crippen molar-refractivity contribution in [2.45, 2.75) is 12.8 Å². The van der Waals surface area contributed by atoms with Gasteiger partial charge in [0.25, 0.3) is 5.91 Å². The van der Waals surface area contributed by atoms with Crippen molar-refractivity contribution in [3.05, 3.63) is 41.7 Å². The van der Waals surface area contributed by atoms with E-state index in [9.17, 15) is 4.79 Å². The van der Waals surface area contributed by atoms with Crippen molar-refractivity contribution in [2.75, 3.05) is 50.7 Å². The Morgan fingerprint density at radius 3 is 2.76 bits per heavy atom. The lowest BCUT2D eigenvalue weighted by Crippen LogP contribution is -2.49. The summed E-state index contributed by atoms with van der Waals surface area (Å²) in [5.74, 6) is 1.26. The molecule has 1 fully saturated rings. The average Bonchev–Trinajstić information content (AvgIpc) is 3.30. The van der Waals surface area contributed by atoms with E-state index >= 15 is 0 Å². The third-order valence-electron chi connectivity index (χ3n) is 6.14. The third kappa shape index (κ3) is 3.51. The number of amides is 1. The normalized spacial score (nSPS) is 18.3. The molecule has 0 aliphatic carbocycles. The van der Waals surface area contributed by atoms with Crippen molar-refractivity contribution in [1.29, 1.82) is 0 Å². The number of anilines is 1. The first-order chi connectivity index (χ1) is 14.2. The van der Waals surface area contributed by atoms with Gasteiger partial charge in [0.1, 0.15) is 5.82 Å². The number of hydrogen-bond donors (Lipinski definition) is 0. The topological polar surface area (TPSA) is 57.5 Å². The van der Waals surface area contributed by atoms with E-state index in [0.717, 1.165) is 75.7 Å². The summed E-state index contributed by atoms with van der Waals surface area (Å²) in [7, 11) is 1.92. The van der Waals surface area contributed by atoms with Crippen molar-refractivity contribution >= 4 is 33.3 Å². The van der Waals surface area contributed by atoms with Gasteiger partial charge in [0.15, 0.2) is 0 Å². The van der Waals surface area contributed by atoms with Crippen LogP contribution in [0.2, 0.25) is 0 Å². The summed E-state index contributed by atoms with van der Waals surface area (Å²) in [6.07, 6.45) is 3.66. The minimum Gasteiger partial charge on any atom is -0.353 e. The minimum atomic E-state index is 0.137. The molecule has 0 saturated carbocycles. The molecule has 29 heavy (non-hydrogen) atoms. The van der Waals surface area contributed by atoms with Gasteiger partial charge in [-0.1, -0.05) is 12.1 Å². The van der Waals surface area contributed by atoms with E-state index in [1.54, 1.807) is 17.7 Å². The molecule has 8 heteroatoms. The fraction of sp³-hybridized carbons (Fsp3) is 0.476. The molecule has 0 radical (unpaired) electrons. The summed E-state index contributed by atoms with van der Waals surface area (Å²) < 4.78 is 7.79. The maximum atomic E-state index is 12.9. The van der Waals surface area contributed by atoms with E-state index in [1.807, 2.05) is 16.6 Å². The highest BCUT2D eigenvalue weighted by Gasteiger charge is 2.26. The van der Waals surface area contributed by atoms with Crippen LogP contribution >= 0.6 is 11.5 Å². The van der Waals surface area contributed by atoms with Crippen LogP contribution in [-0.4, -0.2) is 75.7 Å². The molecule has 2 aromatic heterocycles. The van der Waals surface area contributed by atoms with Crippen LogP contribution in [0.3, 0.4) is 0 Å². The Balaban J connectivity index is 1.18. The first-order valence-corrected chi connectivity index (χ1v) is 11.1. The van der Waals surface area contributed by atoms with Gasteiger partial charge >= 0.3 is 0 Å². The Labute approximate surface area is 174 Å². The molecule has 0 bridgehead atoms. The molecule has 2 aliphatic heterocycles. The first kappa shape index (κ1) is 18.6. The number of hydrogen-bond acceptors (Lipinski definition) is 6. The zero-order valence-corrected chi connectivity index (χ0v) is 17.6. The number of aromatic nitrogens is 3. The molecule has 5 rings (SSSR count). The number of aryl methyl sites for hydroxylation is 1. The van der Waals surface area contributed by atoms with E-state index in [1.165, 1.54) is 10.1 Å². The number of piperazine rings is 1. The van der Waals surface area contributed by atoms with E-state index < -0.39 is 0 Å². The molecule has 1 amide bonds. The molecular formula is C21H26N6OS. The van der Waals surface area contributed by atoms with Gasteiger partial charge in [-0.3, -0.25) is 14.4 Å². The Hall–Kier alpha value is -2.45. The molecule has 1 aromatic carbocycles. The van der Waals surface area contributed by atoms with Crippen LogP contribution in [-0.2, 0) is 13.5 Å². The Morgan fingerprint density at radius 1 is 1.07 bits per heavy atom. The van der Waals surface area contributed by atoms with Gasteiger partial charge in [0, 0.05) is 58.2 Å². The van der Waals surface area contributed by atoms with Crippen molar-refractivity contribution in [1.82, 2.24) is 24.0 Å². The molecule has 0 N–H and O–H groups in total. The van der Waals surface area contributed by atoms with E-state index in [-0.39, 0.29) is 5.91 Å². The predicted octanol–water partition coefficient (Wildman–Crippen LogP) is 2.24. The molecule has 3 aromatic rings. The number of fused-ring (bicyclic) bond motifs is 2. The zero-order chi connectivity index (χ0) is 19.8. The highest BCUT2D eigenvalue weighted by molar-refractivity contribution is 7.13. The summed E-state index contributed by atoms with van der Waals surface area (Å²) in [6.45, 7) is 6.51. The number of carbonyl (C=O) groups excluding carboxylic acids is 1. The molecule has 2 aliphatic rings. The maximum absolute atomic E-state index is 12.9. The number of benzene rings is 1. The van der Waals surface area contributed by atoms with Crippen molar-refractivity contribution in [3.63, 3.8) is 0 Å². The quantitative estimate of drug-likeness (QED) is 0.660. The van der Waals surface area contributed by atoms with Crippen molar-refractivity contribution in [2.24, 2.45) is 7.05 Å². The van der Waals surface area contributed by atoms with Gasteiger partial charge in [-0.2, -0.15) is 9.47 Å². The predicted molar refractivity (Wildman–Crippen MR) is 116 cm³/mol. The monoisotopic (exact) mass is 410 g/mol. The van der Waals surface area contributed by atoms with E-state index in [0.29, 0.717) is 0 Å². The minimum absolute atomic E-state index is 0.137. The lowest BCUT2D eigenvalue weighted by molar-refractivity contribution is 0.0739. The zero-order valence-electron chi connectivity index (χ0n) is 16.8. The lowest BCUT2D eigenvalue weighted by atomic mass is 10.2. The molecule has 0 atom stereocenters. The standard InChI is InChI=1S/C21H26N6OS/c1-24-18-6-4-8-27(21(28)17(18)15-22-24)14-11-25-9-12-26(13-10-25)20-16-5-2-3-7-19(16)29-23-20/h2-3,5,7,15H,4,6,8-14H2,1H3. The third-order valence-corrected chi connectivity index (χ3v) is 6.95. The van der Waals surface area contributed by atoms with Gasteiger partial charge in [0.05, 0.1) is 22.2 Å². The second-order valence-corrected chi connectivity index (χ2v) is 8.66. The smallest absolute Gasteiger partial charge is 0.257 e. The van der Waals surface area contributed by atoms with Crippen LogP contribution in [0, 0.1) is 0 Å². The van der Waals surface area contributed by atoms with Crippen LogP contribution in [0.4, 0.5) is 5.82 Å². The SMILES string of the molecule is Cn1ncc2c1CCCN(CCN1CCN(c3nsc4ccccc34)CC1)C2=O. The number of rotatable bonds is 4. The van der Waals surface area contributed by atoms with E-state index in [2.05, 4.69) is 39.2 Å². The largest absolute Gasteiger partial charge is 0.353 e. The Bertz CT molecular complexity index is 1020. The molecule has 0 spiro atoms. The lowest BCUT2D eigenvalue weighted by Gasteiger charge is -2.36. The fourth-order valence-electron chi connectivity index (χ4n) is 4.41. The molecular weight excluding hydrogens is 384 g/mol. The molecule has 1 saturated heterocycles. The first-order valence-electron chi connectivity index (χ1n) is 10.3. The Kier molecular flexibility index (Phi) is 4.97. The molecule has 4 heterocycles. The summed E-state index contributed by atoms with van der Waals surface area (Å²) in [4.78, 5) is 19.8. The molecule has 7 nitrogen and oxygen atoms in total. The second-order valence-electron chi connectivity index (χ2n) is 7.86. The van der Waals surface area contributed by atoms with Gasteiger partial charge in [-0.15, -0.1) is 0 Å². The van der Waals surface area contributed by atoms with Crippen LogP contribution in [0.5, 0.6) is 0 Å². The van der Waals surface area contributed by atoms with Crippen LogP contribution in [0.1, 0.15) is 22.5 Å². The highest BCUT2D eigenvalue weighted by Crippen LogP contribution is 2.29. The van der Waals surface area contributed by atoms with E-state index in [4.69, 9.17) is 4.37 Å².